The molecular formula is C15H18FNO6S. The number of esters is 1. The van der Waals surface area contributed by atoms with E-state index in [1.807, 2.05) is 0 Å². The number of rotatable bonds is 5. The van der Waals surface area contributed by atoms with Crippen molar-refractivity contribution in [2.24, 2.45) is 0 Å². The number of piperidine rings is 1. The smallest absolute Gasteiger partial charge is 0.338 e. The molecule has 9 heteroatoms. The first-order chi connectivity index (χ1) is 11.3. The van der Waals surface area contributed by atoms with E-state index in [-0.39, 0.29) is 25.1 Å². The highest BCUT2D eigenvalue weighted by Gasteiger charge is 2.38. The van der Waals surface area contributed by atoms with Gasteiger partial charge in [-0.2, -0.15) is 4.31 Å². The van der Waals surface area contributed by atoms with Crippen LogP contribution in [0.1, 0.15) is 36.5 Å². The first kappa shape index (κ1) is 18.3. The van der Waals surface area contributed by atoms with E-state index in [1.165, 1.54) is 0 Å². The highest BCUT2D eigenvalue weighted by Crippen LogP contribution is 2.27. The van der Waals surface area contributed by atoms with Crippen LogP contribution in [-0.2, 0) is 19.6 Å². The van der Waals surface area contributed by atoms with E-state index >= 15 is 0 Å². The van der Waals surface area contributed by atoms with Crippen molar-refractivity contribution in [1.82, 2.24) is 4.31 Å². The number of hydrogen-bond donors (Lipinski definition) is 1. The van der Waals surface area contributed by atoms with Crippen molar-refractivity contribution in [3.63, 3.8) is 0 Å². The van der Waals surface area contributed by atoms with Crippen LogP contribution in [0.4, 0.5) is 4.39 Å². The Morgan fingerprint density at radius 1 is 1.33 bits per heavy atom. The molecule has 24 heavy (non-hydrogen) atoms. The number of aliphatic carboxylic acids is 1. The summed E-state index contributed by atoms with van der Waals surface area (Å²) in [6.07, 6.45) is 1.30. The molecule has 1 atom stereocenters. The number of benzene rings is 1. The third kappa shape index (κ3) is 3.73. The van der Waals surface area contributed by atoms with Gasteiger partial charge in [-0.15, -0.1) is 0 Å². The van der Waals surface area contributed by atoms with Gasteiger partial charge in [0.2, 0.25) is 10.0 Å². The predicted octanol–water partition coefficient (Wildman–Crippen LogP) is 1.63. The number of carbonyl (C=O) groups excluding carboxylic acids is 1. The minimum absolute atomic E-state index is 0.0323. The maximum atomic E-state index is 13.8. The minimum Gasteiger partial charge on any atom is -0.480 e. The Morgan fingerprint density at radius 2 is 2.04 bits per heavy atom. The van der Waals surface area contributed by atoms with E-state index in [0.29, 0.717) is 12.8 Å². The zero-order chi connectivity index (χ0) is 17.9. The summed E-state index contributed by atoms with van der Waals surface area (Å²) >= 11 is 0. The third-order valence-corrected chi connectivity index (χ3v) is 5.61. The summed E-state index contributed by atoms with van der Waals surface area (Å²) in [5, 5.41) is 9.23. The van der Waals surface area contributed by atoms with Crippen LogP contribution in [0.2, 0.25) is 0 Å². The van der Waals surface area contributed by atoms with E-state index in [0.717, 1.165) is 22.5 Å². The van der Waals surface area contributed by atoms with Gasteiger partial charge in [-0.1, -0.05) is 0 Å². The van der Waals surface area contributed by atoms with Gasteiger partial charge in [0.15, 0.2) is 0 Å². The van der Waals surface area contributed by atoms with Gasteiger partial charge < -0.3 is 9.84 Å². The lowest BCUT2D eigenvalue weighted by Crippen LogP contribution is -2.47. The maximum absolute atomic E-state index is 13.8. The lowest BCUT2D eigenvalue weighted by atomic mass is 10.1. The molecule has 0 bridgehead atoms. The van der Waals surface area contributed by atoms with Crippen LogP contribution in [0.25, 0.3) is 0 Å². The Balaban J connectivity index is 2.45. The Hall–Kier alpha value is -2.00. The summed E-state index contributed by atoms with van der Waals surface area (Å²) in [4.78, 5) is 22.6. The van der Waals surface area contributed by atoms with Crippen molar-refractivity contribution in [2.75, 3.05) is 13.2 Å². The second-order valence-electron chi connectivity index (χ2n) is 5.36. The summed E-state index contributed by atoms with van der Waals surface area (Å²) in [7, 11) is -4.24. The summed E-state index contributed by atoms with van der Waals surface area (Å²) in [5.41, 5.74) is -0.237. The average molecular weight is 359 g/mol. The molecule has 0 radical (unpaired) electrons. The molecule has 1 aliphatic rings. The highest BCUT2D eigenvalue weighted by atomic mass is 32.2. The Morgan fingerprint density at radius 3 is 2.67 bits per heavy atom. The van der Waals surface area contributed by atoms with Crippen LogP contribution in [0.3, 0.4) is 0 Å². The molecule has 0 amide bonds. The summed E-state index contributed by atoms with van der Waals surface area (Å²) in [6.45, 7) is 1.66. The first-order valence-corrected chi connectivity index (χ1v) is 8.93. The molecule has 1 saturated heterocycles. The first-order valence-electron chi connectivity index (χ1n) is 7.49. The van der Waals surface area contributed by atoms with Gasteiger partial charge in [-0.05, 0) is 44.4 Å². The third-order valence-electron chi connectivity index (χ3n) is 3.73. The standard InChI is InChI=1S/C15H18FNO6S/c1-2-23-15(20)10-7-11(16)9-12(8-10)24(21,22)17-6-4-3-5-13(17)14(18)19/h7-9,13H,2-6H2,1H3,(H,18,19). The second kappa shape index (κ2) is 7.27. The fourth-order valence-electron chi connectivity index (χ4n) is 2.62. The van der Waals surface area contributed by atoms with Gasteiger partial charge in [0.1, 0.15) is 11.9 Å². The number of sulfonamides is 1. The summed E-state index contributed by atoms with van der Waals surface area (Å²) in [5.74, 6) is -3.01. The van der Waals surface area contributed by atoms with Gasteiger partial charge in [0.25, 0.3) is 0 Å². The molecule has 1 unspecified atom stereocenters. The summed E-state index contributed by atoms with van der Waals surface area (Å²) < 4.78 is 44.8. The fraction of sp³-hybridized carbons (Fsp3) is 0.467. The highest BCUT2D eigenvalue weighted by molar-refractivity contribution is 7.89. The van der Waals surface area contributed by atoms with Crippen molar-refractivity contribution >= 4 is 22.0 Å². The van der Waals surface area contributed by atoms with E-state index in [4.69, 9.17) is 4.74 Å². The van der Waals surface area contributed by atoms with Gasteiger partial charge in [-0.3, -0.25) is 4.79 Å². The molecular weight excluding hydrogens is 341 g/mol. The Bertz CT molecular complexity index is 748. The number of halogens is 1. The van der Waals surface area contributed by atoms with Crippen molar-refractivity contribution < 1.29 is 32.2 Å². The van der Waals surface area contributed by atoms with Crippen molar-refractivity contribution in [1.29, 1.82) is 0 Å². The van der Waals surface area contributed by atoms with Crippen LogP contribution in [-0.4, -0.2) is 49.0 Å². The summed E-state index contributed by atoms with van der Waals surface area (Å²) in [6, 6.07) is 1.45. The molecule has 1 aliphatic heterocycles. The zero-order valence-corrected chi connectivity index (χ0v) is 13.9. The normalized spacial score (nSPS) is 19.0. The largest absolute Gasteiger partial charge is 0.480 e. The van der Waals surface area contributed by atoms with Crippen LogP contribution in [0, 0.1) is 5.82 Å². The van der Waals surface area contributed by atoms with Crippen molar-refractivity contribution in [3.8, 4) is 0 Å². The fourth-order valence-corrected chi connectivity index (χ4v) is 4.33. The number of carbonyl (C=O) groups is 2. The Labute approximate surface area is 139 Å². The van der Waals surface area contributed by atoms with E-state index in [9.17, 15) is 27.5 Å². The van der Waals surface area contributed by atoms with Crippen LogP contribution in [0.5, 0.6) is 0 Å². The van der Waals surface area contributed by atoms with E-state index in [1.54, 1.807) is 6.92 Å². The molecule has 0 aliphatic carbocycles. The predicted molar refractivity (Wildman–Crippen MR) is 81.5 cm³/mol. The maximum Gasteiger partial charge on any atom is 0.338 e. The quantitative estimate of drug-likeness (QED) is 0.802. The van der Waals surface area contributed by atoms with Gasteiger partial charge in [-0.25, -0.2) is 17.6 Å². The molecule has 1 aromatic carbocycles. The number of carboxylic acids is 1. The molecule has 0 saturated carbocycles. The average Bonchev–Trinajstić information content (AvgIpc) is 2.54. The number of carboxylic acid groups (broad SMARTS) is 1. The van der Waals surface area contributed by atoms with E-state index in [2.05, 4.69) is 0 Å². The topological polar surface area (TPSA) is 101 Å². The minimum atomic E-state index is -4.24. The molecule has 7 nitrogen and oxygen atoms in total. The monoisotopic (exact) mass is 359 g/mol. The molecule has 0 aromatic heterocycles. The molecule has 1 N–H and O–H groups in total. The molecule has 132 valence electrons. The zero-order valence-electron chi connectivity index (χ0n) is 13.1. The molecule has 1 heterocycles. The lowest BCUT2D eigenvalue weighted by molar-refractivity contribution is -0.142. The van der Waals surface area contributed by atoms with Crippen molar-refractivity contribution in [2.45, 2.75) is 37.1 Å². The van der Waals surface area contributed by atoms with Gasteiger partial charge in [0.05, 0.1) is 17.1 Å². The number of ether oxygens (including phenoxy) is 1. The number of nitrogens with zero attached hydrogens (tertiary/aromatic N) is 1. The number of hydrogen-bond acceptors (Lipinski definition) is 5. The molecule has 1 fully saturated rings. The lowest BCUT2D eigenvalue weighted by Gasteiger charge is -2.31. The SMILES string of the molecule is CCOC(=O)c1cc(F)cc(S(=O)(=O)N2CCCCC2C(=O)O)c1. The Kier molecular flexibility index (Phi) is 5.55. The molecule has 0 spiro atoms. The van der Waals surface area contributed by atoms with E-state index < -0.39 is 38.7 Å². The van der Waals surface area contributed by atoms with Crippen LogP contribution in [0.15, 0.2) is 23.1 Å². The van der Waals surface area contributed by atoms with Gasteiger partial charge in [0, 0.05) is 6.54 Å². The second-order valence-corrected chi connectivity index (χ2v) is 7.25. The van der Waals surface area contributed by atoms with Crippen LogP contribution < -0.4 is 0 Å². The van der Waals surface area contributed by atoms with Crippen molar-refractivity contribution in [3.05, 3.63) is 29.6 Å². The van der Waals surface area contributed by atoms with Gasteiger partial charge >= 0.3 is 11.9 Å². The molecule has 1 aromatic rings. The molecule has 2 rings (SSSR count). The van der Waals surface area contributed by atoms with Crippen LogP contribution >= 0.6 is 0 Å².